The molecular formula is C18H14BrN5O4S. The molecule has 2 N–H and O–H groups in total. The number of nitrogens with two attached hydrogens (primary N) is 1. The van der Waals surface area contributed by atoms with Crippen LogP contribution in [0, 0.1) is 10.1 Å². The molecule has 0 bridgehead atoms. The van der Waals surface area contributed by atoms with Crippen LogP contribution in [-0.4, -0.2) is 33.4 Å². The molecule has 3 rings (SSSR count). The van der Waals surface area contributed by atoms with Crippen molar-refractivity contribution in [1.29, 1.82) is 0 Å². The first-order chi connectivity index (χ1) is 13.8. The van der Waals surface area contributed by atoms with Gasteiger partial charge < -0.3 is 5.73 Å². The molecule has 9 nitrogen and oxygen atoms in total. The quantitative estimate of drug-likeness (QED) is 0.232. The maximum Gasteiger partial charge on any atom is 0.270 e. The maximum absolute atomic E-state index is 12.6. The molecule has 1 aliphatic heterocycles. The highest BCUT2D eigenvalue weighted by Crippen LogP contribution is 2.30. The molecule has 1 fully saturated rings. The van der Waals surface area contributed by atoms with Gasteiger partial charge in [-0.05, 0) is 24.3 Å². The van der Waals surface area contributed by atoms with E-state index in [0.717, 1.165) is 21.1 Å². The first-order valence-corrected chi connectivity index (χ1v) is 9.92. The Morgan fingerprint density at radius 2 is 2.00 bits per heavy atom. The Balaban J connectivity index is 1.66. The number of non-ortho nitro benzene ring substituents is 1. The van der Waals surface area contributed by atoms with Crippen LogP contribution in [0.2, 0.25) is 0 Å². The molecule has 0 unspecified atom stereocenters. The summed E-state index contributed by atoms with van der Waals surface area (Å²) in [5.74, 6) is -0.689. The molecule has 0 aliphatic carbocycles. The molecule has 2 aromatic carbocycles. The summed E-state index contributed by atoms with van der Waals surface area (Å²) in [6.45, 7) is 0. The molecule has 148 valence electrons. The topological polar surface area (TPSA) is 131 Å². The minimum Gasteiger partial charge on any atom is -0.377 e. The van der Waals surface area contributed by atoms with Crippen molar-refractivity contribution in [3.63, 3.8) is 0 Å². The van der Waals surface area contributed by atoms with Crippen molar-refractivity contribution < 1.29 is 14.5 Å². The van der Waals surface area contributed by atoms with Crippen molar-refractivity contribution in [3.05, 3.63) is 68.7 Å². The number of carbonyl (C=O) groups is 2. The number of amides is 2. The minimum absolute atomic E-state index is 0.00434. The van der Waals surface area contributed by atoms with Crippen LogP contribution < -0.4 is 10.6 Å². The predicted octanol–water partition coefficient (Wildman–Crippen LogP) is 3.07. The number of thioether (sulfide) groups is 1. The molecule has 0 radical (unpaired) electrons. The zero-order chi connectivity index (χ0) is 21.0. The number of hydrogen-bond acceptors (Lipinski definition) is 7. The summed E-state index contributed by atoms with van der Waals surface area (Å²) in [6, 6.07) is 12.7. The van der Waals surface area contributed by atoms with E-state index in [1.807, 2.05) is 0 Å². The molecule has 1 atom stereocenters. The van der Waals surface area contributed by atoms with Gasteiger partial charge in [-0.1, -0.05) is 39.8 Å². The Kier molecular flexibility index (Phi) is 6.39. The number of halogens is 1. The van der Waals surface area contributed by atoms with Gasteiger partial charge in [0.2, 0.25) is 11.8 Å². The number of hydrogen-bond donors (Lipinski definition) is 1. The summed E-state index contributed by atoms with van der Waals surface area (Å²) >= 11 is 4.26. The van der Waals surface area contributed by atoms with Gasteiger partial charge in [-0.3, -0.25) is 19.7 Å². The molecule has 1 saturated heterocycles. The Bertz CT molecular complexity index is 1030. The fraction of sp³-hybridized carbons (Fsp3) is 0.111. The highest BCUT2D eigenvalue weighted by atomic mass is 79.9. The normalized spacial score (nSPS) is 17.3. The lowest BCUT2D eigenvalue weighted by Crippen LogP contribution is -2.31. The van der Waals surface area contributed by atoms with Crippen LogP contribution in [0.4, 0.5) is 11.4 Å². The van der Waals surface area contributed by atoms with Gasteiger partial charge in [-0.25, -0.2) is 4.90 Å². The summed E-state index contributed by atoms with van der Waals surface area (Å²) < 4.78 is 0.837. The summed E-state index contributed by atoms with van der Waals surface area (Å²) in [6.07, 6.45) is 1.32. The Morgan fingerprint density at radius 1 is 1.28 bits per heavy atom. The van der Waals surface area contributed by atoms with Gasteiger partial charge in [0, 0.05) is 28.6 Å². The standard InChI is InChI=1S/C18H14BrN5O4S/c19-12-4-6-13(7-5-12)23-16(25)9-15(17(23)26)29-18(20)22-21-10-11-2-1-3-14(8-11)24(27)28/h1-8,10,15H,9H2,(H2,20,22)/b21-10-/t15-/m0/s1. The van der Waals surface area contributed by atoms with Crippen LogP contribution in [-0.2, 0) is 9.59 Å². The summed E-state index contributed by atoms with van der Waals surface area (Å²) in [4.78, 5) is 36.3. The van der Waals surface area contributed by atoms with E-state index in [0.29, 0.717) is 11.3 Å². The zero-order valence-corrected chi connectivity index (χ0v) is 17.2. The molecular weight excluding hydrogens is 462 g/mol. The van der Waals surface area contributed by atoms with E-state index < -0.39 is 10.2 Å². The number of benzene rings is 2. The molecule has 1 aliphatic rings. The smallest absolute Gasteiger partial charge is 0.270 e. The number of nitro groups is 1. The monoisotopic (exact) mass is 475 g/mol. The summed E-state index contributed by atoms with van der Waals surface area (Å²) in [7, 11) is 0. The first-order valence-electron chi connectivity index (χ1n) is 8.25. The molecule has 0 aromatic heterocycles. The van der Waals surface area contributed by atoms with Gasteiger partial charge >= 0.3 is 0 Å². The van der Waals surface area contributed by atoms with Gasteiger partial charge in [0.25, 0.3) is 5.69 Å². The van der Waals surface area contributed by atoms with E-state index in [2.05, 4.69) is 26.1 Å². The van der Waals surface area contributed by atoms with Crippen molar-refractivity contribution in [1.82, 2.24) is 0 Å². The van der Waals surface area contributed by atoms with Crippen molar-refractivity contribution in [2.24, 2.45) is 15.9 Å². The van der Waals surface area contributed by atoms with E-state index >= 15 is 0 Å². The van der Waals surface area contributed by atoms with Crippen molar-refractivity contribution in [3.8, 4) is 0 Å². The number of anilines is 1. The molecule has 29 heavy (non-hydrogen) atoms. The molecule has 2 amide bonds. The van der Waals surface area contributed by atoms with E-state index in [1.54, 1.807) is 30.3 Å². The molecule has 0 saturated carbocycles. The summed E-state index contributed by atoms with van der Waals surface area (Å²) in [5, 5.41) is 17.7. The van der Waals surface area contributed by atoms with E-state index in [4.69, 9.17) is 5.73 Å². The highest BCUT2D eigenvalue weighted by molar-refractivity contribution is 9.10. The van der Waals surface area contributed by atoms with Gasteiger partial charge in [-0.15, -0.1) is 5.10 Å². The van der Waals surface area contributed by atoms with E-state index in [1.165, 1.54) is 24.4 Å². The second-order valence-corrected chi connectivity index (χ2v) is 8.03. The Morgan fingerprint density at radius 3 is 2.69 bits per heavy atom. The average molecular weight is 476 g/mol. The second kappa shape index (κ2) is 8.97. The number of carbonyl (C=O) groups excluding carboxylic acids is 2. The van der Waals surface area contributed by atoms with Crippen molar-refractivity contribution >= 4 is 62.3 Å². The van der Waals surface area contributed by atoms with Gasteiger partial charge in [0.15, 0.2) is 5.17 Å². The average Bonchev–Trinajstić information content (AvgIpc) is 2.96. The third kappa shape index (κ3) is 5.06. The molecule has 0 spiro atoms. The van der Waals surface area contributed by atoms with Gasteiger partial charge in [-0.2, -0.15) is 5.10 Å². The third-order valence-electron chi connectivity index (χ3n) is 3.90. The lowest BCUT2D eigenvalue weighted by Gasteiger charge is -2.14. The third-order valence-corrected chi connectivity index (χ3v) is 5.40. The maximum atomic E-state index is 12.6. The van der Waals surface area contributed by atoms with Crippen LogP contribution in [0.5, 0.6) is 0 Å². The van der Waals surface area contributed by atoms with Crippen LogP contribution in [0.25, 0.3) is 0 Å². The first kappa shape index (κ1) is 20.7. The fourth-order valence-corrected chi connectivity index (χ4v) is 3.68. The number of rotatable bonds is 5. The molecule has 1 heterocycles. The highest BCUT2D eigenvalue weighted by Gasteiger charge is 2.40. The largest absolute Gasteiger partial charge is 0.377 e. The van der Waals surface area contributed by atoms with Crippen LogP contribution in [0.3, 0.4) is 0 Å². The number of imide groups is 1. The number of amidine groups is 1. The Hall–Kier alpha value is -3.05. The fourth-order valence-electron chi connectivity index (χ4n) is 2.60. The molecule has 11 heteroatoms. The van der Waals surface area contributed by atoms with E-state index in [-0.39, 0.29) is 29.1 Å². The SMILES string of the molecule is NC(=N/N=C\c1cccc([N+](=O)[O-])c1)S[C@H]1CC(=O)N(c2ccc(Br)cc2)C1=O. The van der Waals surface area contributed by atoms with Crippen molar-refractivity contribution in [2.45, 2.75) is 11.7 Å². The number of nitro benzene ring substituents is 1. The van der Waals surface area contributed by atoms with Gasteiger partial charge in [0.05, 0.1) is 16.8 Å². The van der Waals surface area contributed by atoms with Crippen molar-refractivity contribution in [2.75, 3.05) is 4.90 Å². The zero-order valence-electron chi connectivity index (χ0n) is 14.8. The lowest BCUT2D eigenvalue weighted by atomic mass is 10.2. The van der Waals surface area contributed by atoms with E-state index in [9.17, 15) is 19.7 Å². The Labute approximate surface area is 177 Å². The summed E-state index contributed by atoms with van der Waals surface area (Å²) in [5.41, 5.74) is 6.72. The number of nitrogens with zero attached hydrogens (tertiary/aromatic N) is 4. The van der Waals surface area contributed by atoms with Gasteiger partial charge in [0.1, 0.15) is 5.25 Å². The predicted molar refractivity (Wildman–Crippen MR) is 115 cm³/mol. The molecule has 2 aromatic rings. The minimum atomic E-state index is -0.692. The van der Waals surface area contributed by atoms with Crippen LogP contribution in [0.1, 0.15) is 12.0 Å². The van der Waals surface area contributed by atoms with Crippen LogP contribution >= 0.6 is 27.7 Å². The van der Waals surface area contributed by atoms with Crippen LogP contribution in [0.15, 0.2) is 63.2 Å². The lowest BCUT2D eigenvalue weighted by molar-refractivity contribution is -0.384. The second-order valence-electron chi connectivity index (χ2n) is 5.89.